The summed E-state index contributed by atoms with van der Waals surface area (Å²) in [5.74, 6) is 0.223. The summed E-state index contributed by atoms with van der Waals surface area (Å²) < 4.78 is 28.4. The van der Waals surface area contributed by atoms with E-state index in [0.717, 1.165) is 29.5 Å². The molecule has 0 saturated carbocycles. The summed E-state index contributed by atoms with van der Waals surface area (Å²) in [5, 5.41) is 0. The van der Waals surface area contributed by atoms with E-state index in [2.05, 4.69) is 6.07 Å². The van der Waals surface area contributed by atoms with Gasteiger partial charge < -0.3 is 0 Å². The van der Waals surface area contributed by atoms with Crippen molar-refractivity contribution in [3.05, 3.63) is 76.9 Å². The van der Waals surface area contributed by atoms with Gasteiger partial charge in [0.15, 0.2) is 0 Å². The summed E-state index contributed by atoms with van der Waals surface area (Å²) in [6.45, 7) is 2.32. The van der Waals surface area contributed by atoms with Crippen LogP contribution in [0.3, 0.4) is 0 Å². The number of alkyl halides is 1. The zero-order chi connectivity index (χ0) is 17.7. The van der Waals surface area contributed by atoms with Gasteiger partial charge in [0.05, 0.1) is 10.4 Å². The first-order valence-electron chi connectivity index (χ1n) is 8.43. The summed E-state index contributed by atoms with van der Waals surface area (Å²) >= 11 is 6.47. The highest BCUT2D eigenvalue weighted by Gasteiger charge is 2.52. The first-order chi connectivity index (χ1) is 12.0. The highest BCUT2D eigenvalue weighted by Crippen LogP contribution is 2.49. The van der Waals surface area contributed by atoms with Gasteiger partial charge in [-0.15, -0.1) is 11.6 Å². The highest BCUT2D eigenvalue weighted by atomic mass is 35.5. The number of hydrogen-bond acceptors (Lipinski definition) is 2. The number of sulfonamides is 1. The van der Waals surface area contributed by atoms with Crippen molar-refractivity contribution >= 4 is 21.6 Å². The van der Waals surface area contributed by atoms with Gasteiger partial charge in [-0.25, -0.2) is 8.42 Å². The molecule has 5 heteroatoms. The molecule has 3 nitrogen and oxygen atoms in total. The fraction of sp³-hybridized carbons (Fsp3) is 0.300. The van der Waals surface area contributed by atoms with Crippen molar-refractivity contribution in [2.75, 3.05) is 12.4 Å². The Morgan fingerprint density at radius 3 is 2.52 bits per heavy atom. The summed E-state index contributed by atoms with van der Waals surface area (Å²) in [5.41, 5.74) is 3.60. The third kappa shape index (κ3) is 2.39. The van der Waals surface area contributed by atoms with Crippen LogP contribution in [0.2, 0.25) is 0 Å². The molecule has 0 unspecified atom stereocenters. The minimum Gasteiger partial charge on any atom is -0.207 e. The SMILES string of the molecule is Cc1ccc(S(=O)(=O)N2CC=C3CCc4ccccc4[C@@]32CCl)cc1. The lowest BCUT2D eigenvalue weighted by atomic mass is 9.75. The predicted octanol–water partition coefficient (Wildman–Crippen LogP) is 4.01. The Hall–Kier alpha value is -1.62. The van der Waals surface area contributed by atoms with E-state index in [4.69, 9.17) is 11.6 Å². The topological polar surface area (TPSA) is 37.4 Å². The molecule has 1 aliphatic carbocycles. The molecule has 1 aliphatic heterocycles. The number of halogens is 1. The lowest BCUT2D eigenvalue weighted by molar-refractivity contribution is 0.284. The van der Waals surface area contributed by atoms with E-state index in [9.17, 15) is 8.42 Å². The molecule has 2 aromatic carbocycles. The monoisotopic (exact) mass is 373 g/mol. The Balaban J connectivity index is 1.89. The van der Waals surface area contributed by atoms with Crippen LogP contribution >= 0.6 is 11.6 Å². The number of fused-ring (bicyclic) bond motifs is 3. The average molecular weight is 374 g/mol. The summed E-state index contributed by atoms with van der Waals surface area (Å²) in [4.78, 5) is 0.320. The van der Waals surface area contributed by atoms with Crippen LogP contribution in [-0.4, -0.2) is 25.1 Å². The Kier molecular flexibility index (Phi) is 4.02. The van der Waals surface area contributed by atoms with E-state index in [1.807, 2.05) is 43.3 Å². The quantitative estimate of drug-likeness (QED) is 0.602. The van der Waals surface area contributed by atoms with Gasteiger partial charge in [0.1, 0.15) is 0 Å². The largest absolute Gasteiger partial charge is 0.244 e. The van der Waals surface area contributed by atoms with Crippen molar-refractivity contribution in [1.29, 1.82) is 0 Å². The average Bonchev–Trinajstić information content (AvgIpc) is 3.03. The number of rotatable bonds is 3. The summed E-state index contributed by atoms with van der Waals surface area (Å²) in [6.07, 6.45) is 3.83. The van der Waals surface area contributed by atoms with Crippen molar-refractivity contribution in [2.45, 2.75) is 30.2 Å². The normalized spacial score (nSPS) is 23.0. The number of nitrogens with zero attached hydrogens (tertiary/aromatic N) is 1. The molecule has 2 aromatic rings. The lowest BCUT2D eigenvalue weighted by Gasteiger charge is -2.43. The Morgan fingerprint density at radius 1 is 1.08 bits per heavy atom. The minimum atomic E-state index is -3.64. The zero-order valence-electron chi connectivity index (χ0n) is 14.1. The van der Waals surface area contributed by atoms with Crippen molar-refractivity contribution < 1.29 is 8.42 Å². The van der Waals surface area contributed by atoms with Crippen LogP contribution in [0.25, 0.3) is 0 Å². The molecular weight excluding hydrogens is 354 g/mol. The van der Waals surface area contributed by atoms with E-state index < -0.39 is 15.6 Å². The molecule has 0 spiro atoms. The van der Waals surface area contributed by atoms with Gasteiger partial charge in [0.25, 0.3) is 0 Å². The third-order valence-electron chi connectivity index (χ3n) is 5.39. The number of benzene rings is 2. The van der Waals surface area contributed by atoms with Crippen molar-refractivity contribution in [3.8, 4) is 0 Å². The van der Waals surface area contributed by atoms with Gasteiger partial charge in [-0.2, -0.15) is 4.31 Å². The predicted molar refractivity (Wildman–Crippen MR) is 100 cm³/mol. The Labute approximate surface area is 154 Å². The second-order valence-electron chi connectivity index (χ2n) is 6.73. The van der Waals surface area contributed by atoms with Crippen LogP contribution in [0.1, 0.15) is 23.1 Å². The van der Waals surface area contributed by atoms with Gasteiger partial charge in [-0.05, 0) is 48.6 Å². The van der Waals surface area contributed by atoms with E-state index in [0.29, 0.717) is 11.4 Å². The van der Waals surface area contributed by atoms with Crippen LogP contribution in [-0.2, 0) is 22.0 Å². The van der Waals surface area contributed by atoms with E-state index in [-0.39, 0.29) is 5.88 Å². The molecule has 2 aliphatic rings. The molecule has 0 aromatic heterocycles. The van der Waals surface area contributed by atoms with Crippen molar-refractivity contribution in [1.82, 2.24) is 4.31 Å². The summed E-state index contributed by atoms with van der Waals surface area (Å²) in [7, 11) is -3.64. The smallest absolute Gasteiger partial charge is 0.207 e. The molecule has 0 fully saturated rings. The molecule has 1 atom stereocenters. The second-order valence-corrected chi connectivity index (χ2v) is 8.86. The molecule has 25 heavy (non-hydrogen) atoms. The first kappa shape index (κ1) is 16.8. The van der Waals surface area contributed by atoms with Gasteiger partial charge in [-0.3, -0.25) is 0 Å². The molecule has 0 amide bonds. The fourth-order valence-electron chi connectivity index (χ4n) is 4.07. The molecule has 0 radical (unpaired) electrons. The van der Waals surface area contributed by atoms with Crippen LogP contribution in [0.4, 0.5) is 0 Å². The maximum atomic E-state index is 13.4. The summed E-state index contributed by atoms with van der Waals surface area (Å²) in [6, 6.07) is 15.1. The molecule has 0 N–H and O–H groups in total. The van der Waals surface area contributed by atoms with E-state index in [1.54, 1.807) is 16.4 Å². The van der Waals surface area contributed by atoms with Gasteiger partial charge in [0.2, 0.25) is 10.0 Å². The number of hydrogen-bond donors (Lipinski definition) is 0. The van der Waals surface area contributed by atoms with Crippen LogP contribution in [0, 0.1) is 6.92 Å². The Morgan fingerprint density at radius 2 is 1.80 bits per heavy atom. The molecule has 0 saturated heterocycles. The highest BCUT2D eigenvalue weighted by molar-refractivity contribution is 7.89. The van der Waals surface area contributed by atoms with Gasteiger partial charge in [-0.1, -0.05) is 48.0 Å². The zero-order valence-corrected chi connectivity index (χ0v) is 15.6. The van der Waals surface area contributed by atoms with Crippen LogP contribution < -0.4 is 0 Å². The Bertz CT molecular complexity index is 950. The minimum absolute atomic E-state index is 0.223. The van der Waals surface area contributed by atoms with Gasteiger partial charge in [0, 0.05) is 12.4 Å². The van der Waals surface area contributed by atoms with E-state index >= 15 is 0 Å². The molecule has 1 heterocycles. The van der Waals surface area contributed by atoms with Crippen LogP contribution in [0.5, 0.6) is 0 Å². The second kappa shape index (κ2) is 5.97. The molecular formula is C20H20ClNO2S. The molecule has 0 bridgehead atoms. The third-order valence-corrected chi connectivity index (χ3v) is 7.69. The van der Waals surface area contributed by atoms with Gasteiger partial charge >= 0.3 is 0 Å². The molecule has 130 valence electrons. The van der Waals surface area contributed by atoms with E-state index in [1.165, 1.54) is 5.56 Å². The maximum absolute atomic E-state index is 13.4. The molecule has 4 rings (SSSR count). The standard InChI is InChI=1S/C20H20ClNO2S/c1-15-6-10-18(11-7-15)25(23,24)22-13-12-17-9-8-16-4-2-3-5-19(16)20(17,22)14-21/h2-7,10-12H,8-9,13-14H2,1H3/t20-/m1/s1. The van der Waals surface area contributed by atoms with Crippen LogP contribution in [0.15, 0.2) is 65.1 Å². The first-order valence-corrected chi connectivity index (χ1v) is 10.4. The van der Waals surface area contributed by atoms with Crippen molar-refractivity contribution in [2.24, 2.45) is 0 Å². The van der Waals surface area contributed by atoms with Crippen molar-refractivity contribution in [3.63, 3.8) is 0 Å². The lowest BCUT2D eigenvalue weighted by Crippen LogP contribution is -2.50. The maximum Gasteiger partial charge on any atom is 0.244 e. The fourth-order valence-corrected chi connectivity index (χ4v) is 6.30. The number of aryl methyl sites for hydroxylation is 2.